The molecule has 0 bridgehead atoms. The summed E-state index contributed by atoms with van der Waals surface area (Å²) in [5, 5.41) is 0. The predicted molar refractivity (Wildman–Crippen MR) is 230 cm³/mol. The molecule has 2 atom stereocenters. The SMILES string of the molecule is CC1=Cc2c(ccc(Cc3ccccc3)c2Cc2ccccc2)C1C[Si]CC1C(C)=Cc2c1ccc(Cc1ccccc1)c2Cc1ccccc1.[Cl][Zr][Cl]. The Kier molecular flexibility index (Phi) is 13.5. The Hall–Kier alpha value is -3.52. The molecule has 0 saturated carbocycles. The van der Waals surface area contributed by atoms with Gasteiger partial charge in [-0.05, 0) is 106 Å². The van der Waals surface area contributed by atoms with Crippen LogP contribution in [0.3, 0.4) is 0 Å². The molecule has 0 heterocycles. The monoisotopic (exact) mass is 834 g/mol. The average Bonchev–Trinajstić information content (AvgIpc) is 3.70. The standard InChI is InChI=1S/C50H46Si.2ClH.Zr/c1-35-27-47-43(25-23-41(29-37-15-7-3-8-16-37)45(47)31-39-19-11-5-12-20-39)49(35)33-51-34-50-36(2)28-48-44(50)26-24-42(30-38-17-9-4-10-18-38)46(48)32-40-21-13-6-14-22-40;;;/h3-28,49-50H,29-34H2,1-2H3;2*1H;/q;;;+2/p-2. The number of rotatable bonds is 12. The van der Waals surface area contributed by atoms with E-state index in [2.05, 4.69) is 172 Å². The summed E-state index contributed by atoms with van der Waals surface area (Å²) in [6, 6.07) is 56.2. The molecule has 2 unspecified atom stereocenters. The van der Waals surface area contributed by atoms with Crippen molar-refractivity contribution in [3.63, 3.8) is 0 Å². The third-order valence-corrected chi connectivity index (χ3v) is 12.6. The van der Waals surface area contributed by atoms with Gasteiger partial charge >= 0.3 is 37.9 Å². The minimum absolute atomic E-state index is 0.505. The second-order valence-electron chi connectivity index (χ2n) is 14.7. The number of hydrogen-bond donors (Lipinski definition) is 0. The van der Waals surface area contributed by atoms with Crippen molar-refractivity contribution < 1.29 is 20.8 Å². The Bertz CT molecular complexity index is 2050. The summed E-state index contributed by atoms with van der Waals surface area (Å²) in [6.07, 6.45) is 8.95. The summed E-state index contributed by atoms with van der Waals surface area (Å²) in [5.74, 6) is 1.01. The van der Waals surface area contributed by atoms with Crippen LogP contribution in [0.25, 0.3) is 12.2 Å². The molecular weight excluding hydrogens is 791 g/mol. The van der Waals surface area contributed by atoms with Gasteiger partial charge in [0, 0.05) is 21.4 Å². The van der Waals surface area contributed by atoms with Crippen LogP contribution >= 0.6 is 17.0 Å². The molecule has 6 aromatic rings. The Morgan fingerprint density at radius 3 is 1.09 bits per heavy atom. The van der Waals surface area contributed by atoms with Crippen LogP contribution < -0.4 is 0 Å². The number of hydrogen-bond acceptors (Lipinski definition) is 0. The van der Waals surface area contributed by atoms with Crippen molar-refractivity contribution in [3.8, 4) is 0 Å². The topological polar surface area (TPSA) is 0 Å². The van der Waals surface area contributed by atoms with Crippen LogP contribution in [-0.2, 0) is 46.5 Å². The zero-order valence-corrected chi connectivity index (χ0v) is 36.1. The molecule has 268 valence electrons. The normalized spacial score (nSPS) is 15.4. The summed E-state index contributed by atoms with van der Waals surface area (Å²) in [4.78, 5) is 0. The van der Waals surface area contributed by atoms with E-state index < -0.39 is 20.8 Å². The second-order valence-corrected chi connectivity index (χ2v) is 19.7. The van der Waals surface area contributed by atoms with E-state index in [0.29, 0.717) is 11.8 Å². The summed E-state index contributed by atoms with van der Waals surface area (Å²) >= 11 is -0.826. The van der Waals surface area contributed by atoms with Gasteiger partial charge in [-0.1, -0.05) is 181 Å². The summed E-state index contributed by atoms with van der Waals surface area (Å²) < 4.78 is 0. The maximum absolute atomic E-state index is 4.93. The fourth-order valence-electron chi connectivity index (χ4n) is 8.45. The van der Waals surface area contributed by atoms with E-state index in [1.54, 1.807) is 0 Å². The van der Waals surface area contributed by atoms with Crippen LogP contribution in [0.15, 0.2) is 157 Å². The van der Waals surface area contributed by atoms with E-state index in [1.807, 2.05) is 0 Å². The Balaban J connectivity index is 0.00000145. The first-order valence-electron chi connectivity index (χ1n) is 19.0. The molecule has 0 nitrogen and oxygen atoms in total. The van der Waals surface area contributed by atoms with Crippen molar-refractivity contribution in [1.82, 2.24) is 0 Å². The fraction of sp³-hybridized carbons (Fsp3) is 0.200. The summed E-state index contributed by atoms with van der Waals surface area (Å²) in [6.45, 7) is 4.75. The van der Waals surface area contributed by atoms with Gasteiger partial charge in [0.2, 0.25) is 0 Å². The molecule has 0 N–H and O–H groups in total. The molecule has 2 aliphatic rings. The molecule has 0 aliphatic heterocycles. The Morgan fingerprint density at radius 1 is 0.444 bits per heavy atom. The zero-order valence-electron chi connectivity index (χ0n) is 31.2. The molecule has 0 fully saturated rings. The van der Waals surface area contributed by atoms with Crippen molar-refractivity contribution >= 4 is 38.7 Å². The molecule has 54 heavy (non-hydrogen) atoms. The molecule has 8 rings (SSSR count). The van der Waals surface area contributed by atoms with E-state index in [9.17, 15) is 0 Å². The summed E-state index contributed by atoms with van der Waals surface area (Å²) in [7, 11) is 10.8. The quantitative estimate of drug-likeness (QED) is 0.108. The fourth-order valence-corrected chi connectivity index (χ4v) is 10.3. The zero-order chi connectivity index (χ0) is 37.3. The van der Waals surface area contributed by atoms with Gasteiger partial charge in [0.25, 0.3) is 0 Å². The van der Waals surface area contributed by atoms with E-state index in [0.717, 1.165) is 35.2 Å². The third kappa shape index (κ3) is 9.29. The van der Waals surface area contributed by atoms with E-state index >= 15 is 0 Å². The van der Waals surface area contributed by atoms with Crippen LogP contribution in [0.2, 0.25) is 12.1 Å². The average molecular weight is 837 g/mol. The summed E-state index contributed by atoms with van der Waals surface area (Å²) in [5.41, 5.74) is 20.6. The van der Waals surface area contributed by atoms with Crippen LogP contribution in [0.4, 0.5) is 0 Å². The van der Waals surface area contributed by atoms with E-state index in [-0.39, 0.29) is 0 Å². The molecule has 2 radical (unpaired) electrons. The van der Waals surface area contributed by atoms with Gasteiger partial charge in [0.05, 0.1) is 0 Å². The van der Waals surface area contributed by atoms with Crippen molar-refractivity contribution in [1.29, 1.82) is 0 Å². The molecule has 6 aromatic carbocycles. The van der Waals surface area contributed by atoms with Gasteiger partial charge in [0.15, 0.2) is 0 Å². The number of benzene rings is 6. The molecule has 0 saturated heterocycles. The molecular formula is C50H46Cl2SiZr. The first kappa shape index (κ1) is 38.7. The van der Waals surface area contributed by atoms with Gasteiger partial charge in [-0.3, -0.25) is 0 Å². The number of fused-ring (bicyclic) bond motifs is 2. The number of halogens is 2. The van der Waals surface area contributed by atoms with Crippen molar-refractivity contribution in [2.45, 2.75) is 63.5 Å². The van der Waals surface area contributed by atoms with Gasteiger partial charge in [-0.2, -0.15) is 0 Å². The van der Waals surface area contributed by atoms with Gasteiger partial charge in [0.1, 0.15) is 0 Å². The van der Waals surface area contributed by atoms with Gasteiger partial charge < -0.3 is 0 Å². The molecule has 4 heteroatoms. The molecule has 0 aromatic heterocycles. The van der Waals surface area contributed by atoms with Crippen LogP contribution in [0.1, 0.15) is 92.4 Å². The van der Waals surface area contributed by atoms with Crippen molar-refractivity contribution in [2.24, 2.45) is 0 Å². The first-order valence-corrected chi connectivity index (χ1v) is 26.7. The molecule has 2 aliphatic carbocycles. The maximum atomic E-state index is 4.93. The van der Waals surface area contributed by atoms with Gasteiger partial charge in [-0.15, -0.1) is 0 Å². The molecule has 0 amide bonds. The van der Waals surface area contributed by atoms with E-state index in [4.69, 9.17) is 17.0 Å². The van der Waals surface area contributed by atoms with Crippen molar-refractivity contribution in [2.75, 3.05) is 0 Å². The van der Waals surface area contributed by atoms with Crippen LogP contribution in [-0.4, -0.2) is 9.52 Å². The van der Waals surface area contributed by atoms with Crippen LogP contribution in [0, 0.1) is 0 Å². The number of allylic oxidation sites excluding steroid dienone is 2. The Morgan fingerprint density at radius 2 is 0.759 bits per heavy atom. The van der Waals surface area contributed by atoms with Crippen molar-refractivity contribution in [3.05, 3.63) is 224 Å². The Labute approximate surface area is 343 Å². The molecule has 0 spiro atoms. The van der Waals surface area contributed by atoms with E-state index in [1.165, 1.54) is 90.0 Å². The predicted octanol–water partition coefficient (Wildman–Crippen LogP) is 13.7. The van der Waals surface area contributed by atoms with Crippen LogP contribution in [0.5, 0.6) is 0 Å². The minimum atomic E-state index is -0.826. The first-order chi connectivity index (χ1) is 26.5. The second kappa shape index (κ2) is 18.9. The van der Waals surface area contributed by atoms with Gasteiger partial charge in [-0.25, -0.2) is 0 Å². The third-order valence-electron chi connectivity index (χ3n) is 11.2.